The highest BCUT2D eigenvalue weighted by atomic mass is 16.7. The van der Waals surface area contributed by atoms with E-state index in [1.807, 2.05) is 0 Å². The number of unbranched alkanes of at least 4 members (excludes halogenated alkanes) is 14. The smallest absolute Gasteiger partial charge is 0.308 e. The molecule has 0 aromatic carbocycles. The second-order valence-electron chi connectivity index (χ2n) is 8.89. The monoisotopic (exact) mass is 446 g/mol. The fourth-order valence-electron chi connectivity index (χ4n) is 3.99. The van der Waals surface area contributed by atoms with Crippen LogP contribution in [0.1, 0.15) is 110 Å². The van der Waals surface area contributed by atoms with Crippen LogP contribution in [0.25, 0.3) is 0 Å². The van der Waals surface area contributed by atoms with Gasteiger partial charge in [0.05, 0.1) is 6.61 Å². The van der Waals surface area contributed by atoms with Gasteiger partial charge in [0.15, 0.2) is 0 Å². The molecule has 1 fully saturated rings. The largest absolute Gasteiger partial charge is 0.433 e. The second-order valence-corrected chi connectivity index (χ2v) is 8.89. The Morgan fingerprint density at radius 1 is 0.710 bits per heavy atom. The van der Waals surface area contributed by atoms with Gasteiger partial charge in [-0.1, -0.05) is 96.8 Å². The number of esters is 1. The lowest BCUT2D eigenvalue weighted by Crippen LogP contribution is -2.59. The molecule has 1 aliphatic heterocycles. The minimum atomic E-state index is -1.54. The molecule has 0 radical (unpaired) electrons. The third-order valence-corrected chi connectivity index (χ3v) is 6.08. The molecule has 7 nitrogen and oxygen atoms in total. The summed E-state index contributed by atoms with van der Waals surface area (Å²) in [4.78, 5) is 12.0. The Hall–Kier alpha value is -0.730. The fourth-order valence-corrected chi connectivity index (χ4v) is 3.99. The van der Waals surface area contributed by atoms with Gasteiger partial charge >= 0.3 is 5.97 Å². The summed E-state index contributed by atoms with van der Waals surface area (Å²) < 4.78 is 10.3. The Morgan fingerprint density at radius 2 is 1.16 bits per heavy atom. The standard InChI is InChI=1S/C24H46O7/c1-2-3-4-5-6-7-8-9-10-11-12-13-14-15-16-17-20(26)31-24-23(29)22(28)21(27)19(18-25)30-24/h19,21-25,27-29H,2-18H2,1H3. The third kappa shape index (κ3) is 12.2. The quantitative estimate of drug-likeness (QED) is 0.188. The van der Waals surface area contributed by atoms with Crippen molar-refractivity contribution < 1.29 is 34.7 Å². The number of aliphatic hydroxyl groups is 4. The van der Waals surface area contributed by atoms with Gasteiger partial charge in [-0.05, 0) is 6.42 Å². The highest BCUT2D eigenvalue weighted by Crippen LogP contribution is 2.22. The molecule has 5 atom stereocenters. The van der Waals surface area contributed by atoms with Crippen LogP contribution in [-0.4, -0.2) is 63.7 Å². The van der Waals surface area contributed by atoms with Crippen molar-refractivity contribution in [1.29, 1.82) is 0 Å². The Labute approximate surface area is 188 Å². The van der Waals surface area contributed by atoms with Gasteiger partial charge in [0.25, 0.3) is 0 Å². The lowest BCUT2D eigenvalue weighted by molar-refractivity contribution is -0.292. The van der Waals surface area contributed by atoms with E-state index in [1.165, 1.54) is 77.0 Å². The zero-order valence-electron chi connectivity index (χ0n) is 19.4. The maximum Gasteiger partial charge on any atom is 0.308 e. The molecular formula is C24H46O7. The Balaban J connectivity index is 1.95. The summed E-state index contributed by atoms with van der Waals surface area (Å²) in [5.41, 5.74) is 0. The highest BCUT2D eigenvalue weighted by molar-refractivity contribution is 5.69. The van der Waals surface area contributed by atoms with Gasteiger partial charge in [0.1, 0.15) is 24.4 Å². The molecule has 0 amide bonds. The lowest BCUT2D eigenvalue weighted by Gasteiger charge is -2.39. The van der Waals surface area contributed by atoms with Gasteiger partial charge < -0.3 is 29.9 Å². The predicted molar refractivity (Wildman–Crippen MR) is 119 cm³/mol. The van der Waals surface area contributed by atoms with E-state index in [0.717, 1.165) is 12.8 Å². The molecule has 1 aliphatic rings. The summed E-state index contributed by atoms with van der Waals surface area (Å²) in [6.45, 7) is 1.71. The topological polar surface area (TPSA) is 116 Å². The molecule has 31 heavy (non-hydrogen) atoms. The summed E-state index contributed by atoms with van der Waals surface area (Å²) in [6.07, 6.45) is 12.0. The van der Waals surface area contributed by atoms with Crippen molar-refractivity contribution in [3.05, 3.63) is 0 Å². The minimum absolute atomic E-state index is 0.216. The summed E-state index contributed by atoms with van der Waals surface area (Å²) in [6, 6.07) is 0. The fraction of sp³-hybridized carbons (Fsp3) is 0.958. The van der Waals surface area contributed by atoms with Crippen LogP contribution >= 0.6 is 0 Å². The molecule has 184 valence electrons. The second kappa shape index (κ2) is 17.8. The number of aliphatic hydroxyl groups excluding tert-OH is 4. The number of ether oxygens (including phenoxy) is 2. The first kappa shape index (κ1) is 28.3. The van der Waals surface area contributed by atoms with Crippen molar-refractivity contribution in [2.24, 2.45) is 0 Å². The van der Waals surface area contributed by atoms with Gasteiger partial charge in [0.2, 0.25) is 6.29 Å². The molecule has 1 heterocycles. The first-order chi connectivity index (χ1) is 15.0. The van der Waals surface area contributed by atoms with Crippen LogP contribution in [0.2, 0.25) is 0 Å². The van der Waals surface area contributed by atoms with E-state index < -0.39 is 43.3 Å². The summed E-state index contributed by atoms with van der Waals surface area (Å²) in [5.74, 6) is -0.515. The van der Waals surface area contributed by atoms with E-state index in [9.17, 15) is 20.1 Å². The average molecular weight is 447 g/mol. The molecule has 4 N–H and O–H groups in total. The van der Waals surface area contributed by atoms with E-state index in [4.69, 9.17) is 14.6 Å². The zero-order chi connectivity index (χ0) is 22.9. The SMILES string of the molecule is CCCCCCCCCCCCCCCCCC(=O)OC1OC(CO)C(O)C(O)C1O. The van der Waals surface area contributed by atoms with E-state index in [-0.39, 0.29) is 6.42 Å². The summed E-state index contributed by atoms with van der Waals surface area (Å²) >= 11 is 0. The van der Waals surface area contributed by atoms with Crippen LogP contribution in [0.5, 0.6) is 0 Å². The van der Waals surface area contributed by atoms with Crippen molar-refractivity contribution in [3.8, 4) is 0 Å². The van der Waals surface area contributed by atoms with E-state index in [2.05, 4.69) is 6.92 Å². The van der Waals surface area contributed by atoms with Crippen molar-refractivity contribution in [2.75, 3.05) is 6.61 Å². The van der Waals surface area contributed by atoms with Gasteiger partial charge in [-0.25, -0.2) is 0 Å². The van der Waals surface area contributed by atoms with Crippen LogP contribution in [-0.2, 0) is 14.3 Å². The Morgan fingerprint density at radius 3 is 1.61 bits per heavy atom. The number of carbonyl (C=O) groups excluding carboxylic acids is 1. The van der Waals surface area contributed by atoms with Crippen LogP contribution in [0.3, 0.4) is 0 Å². The Kier molecular flexibility index (Phi) is 16.2. The minimum Gasteiger partial charge on any atom is -0.433 e. The van der Waals surface area contributed by atoms with Gasteiger partial charge in [-0.3, -0.25) is 4.79 Å². The van der Waals surface area contributed by atoms with Crippen molar-refractivity contribution in [2.45, 2.75) is 140 Å². The normalized spacial score (nSPS) is 26.2. The molecule has 1 saturated heterocycles. The van der Waals surface area contributed by atoms with Crippen molar-refractivity contribution >= 4 is 5.97 Å². The third-order valence-electron chi connectivity index (χ3n) is 6.08. The average Bonchev–Trinajstić information content (AvgIpc) is 2.76. The molecule has 0 spiro atoms. The van der Waals surface area contributed by atoms with Gasteiger partial charge in [-0.15, -0.1) is 0 Å². The molecular weight excluding hydrogens is 400 g/mol. The Bertz CT molecular complexity index is 444. The highest BCUT2D eigenvalue weighted by Gasteiger charge is 2.45. The van der Waals surface area contributed by atoms with Crippen LogP contribution in [0.15, 0.2) is 0 Å². The molecule has 0 aromatic heterocycles. The number of hydrogen-bond donors (Lipinski definition) is 4. The molecule has 7 heteroatoms. The first-order valence-corrected chi connectivity index (χ1v) is 12.5. The predicted octanol–water partition coefficient (Wildman–Crippen LogP) is 3.59. The summed E-state index contributed by atoms with van der Waals surface area (Å²) in [7, 11) is 0. The van der Waals surface area contributed by atoms with Crippen molar-refractivity contribution in [1.82, 2.24) is 0 Å². The molecule has 5 unspecified atom stereocenters. The van der Waals surface area contributed by atoms with Crippen LogP contribution in [0, 0.1) is 0 Å². The van der Waals surface area contributed by atoms with Crippen LogP contribution in [0.4, 0.5) is 0 Å². The van der Waals surface area contributed by atoms with Gasteiger partial charge in [-0.2, -0.15) is 0 Å². The zero-order valence-corrected chi connectivity index (χ0v) is 19.4. The molecule has 0 aliphatic carbocycles. The van der Waals surface area contributed by atoms with E-state index in [0.29, 0.717) is 6.42 Å². The maximum atomic E-state index is 12.0. The number of hydrogen-bond acceptors (Lipinski definition) is 7. The maximum absolute atomic E-state index is 12.0. The molecule has 0 aromatic rings. The molecule has 0 saturated carbocycles. The van der Waals surface area contributed by atoms with Crippen LogP contribution < -0.4 is 0 Å². The molecule has 1 rings (SSSR count). The molecule has 0 bridgehead atoms. The van der Waals surface area contributed by atoms with Gasteiger partial charge in [0, 0.05) is 6.42 Å². The van der Waals surface area contributed by atoms with Crippen molar-refractivity contribution in [3.63, 3.8) is 0 Å². The van der Waals surface area contributed by atoms with E-state index in [1.54, 1.807) is 0 Å². The first-order valence-electron chi connectivity index (χ1n) is 12.5. The lowest BCUT2D eigenvalue weighted by atomic mass is 9.99. The number of carbonyl (C=O) groups is 1. The summed E-state index contributed by atoms with van der Waals surface area (Å²) in [5, 5.41) is 38.5. The van der Waals surface area contributed by atoms with E-state index >= 15 is 0 Å². The number of rotatable bonds is 18.